The van der Waals surface area contributed by atoms with Gasteiger partial charge in [0, 0.05) is 11.5 Å². The van der Waals surface area contributed by atoms with Crippen molar-refractivity contribution in [3.05, 3.63) is 34.2 Å². The van der Waals surface area contributed by atoms with E-state index < -0.39 is 5.63 Å². The molecule has 1 aliphatic rings. The monoisotopic (exact) mass is 378 g/mol. The maximum atomic E-state index is 12.0. The highest BCUT2D eigenvalue weighted by Gasteiger charge is 2.16. The number of hydrogen-bond donors (Lipinski definition) is 0. The fourth-order valence-corrected chi connectivity index (χ4v) is 2.93. The quantitative estimate of drug-likeness (QED) is 0.744. The Balaban J connectivity index is 1.91. The van der Waals surface area contributed by atoms with Crippen molar-refractivity contribution in [2.75, 3.05) is 52.9 Å². The number of hydrogen-bond acceptors (Lipinski definition) is 7. The first-order chi connectivity index (χ1) is 13.3. The van der Waals surface area contributed by atoms with Gasteiger partial charge in [-0.1, -0.05) is 13.3 Å². The van der Waals surface area contributed by atoms with Crippen molar-refractivity contribution in [2.24, 2.45) is 0 Å². The van der Waals surface area contributed by atoms with Crippen LogP contribution in [0.25, 0.3) is 11.0 Å². The summed E-state index contributed by atoms with van der Waals surface area (Å²) in [6, 6.07) is 5.30. The van der Waals surface area contributed by atoms with Crippen LogP contribution in [0.5, 0.6) is 11.5 Å². The van der Waals surface area contributed by atoms with Gasteiger partial charge in [0.1, 0.15) is 13.2 Å². The molecule has 0 spiro atoms. The van der Waals surface area contributed by atoms with Gasteiger partial charge in [0.2, 0.25) is 5.75 Å². The molecule has 0 saturated heterocycles. The minimum absolute atomic E-state index is 0.313. The highest BCUT2D eigenvalue weighted by molar-refractivity contribution is 5.88. The summed E-state index contributed by atoms with van der Waals surface area (Å²) in [5.41, 5.74) is 0.968. The maximum absolute atomic E-state index is 12.0. The summed E-state index contributed by atoms with van der Waals surface area (Å²) in [5, 5.41) is 0.863. The van der Waals surface area contributed by atoms with E-state index in [0.717, 1.165) is 23.8 Å². The van der Waals surface area contributed by atoms with Crippen LogP contribution in [0.3, 0.4) is 0 Å². The van der Waals surface area contributed by atoms with Crippen molar-refractivity contribution in [1.82, 2.24) is 0 Å². The van der Waals surface area contributed by atoms with Crippen molar-refractivity contribution in [1.29, 1.82) is 0 Å². The zero-order valence-corrected chi connectivity index (χ0v) is 15.7. The van der Waals surface area contributed by atoms with Gasteiger partial charge in [0.25, 0.3) is 0 Å². The zero-order valence-electron chi connectivity index (χ0n) is 15.7. The molecule has 1 aromatic carbocycles. The third-order valence-electron chi connectivity index (χ3n) is 4.14. The maximum Gasteiger partial charge on any atom is 0.336 e. The van der Waals surface area contributed by atoms with Gasteiger partial charge in [-0.15, -0.1) is 0 Å². The molecule has 0 N–H and O–H groups in total. The van der Waals surface area contributed by atoms with Crippen LogP contribution < -0.4 is 15.1 Å². The molecular formula is C20H26O7. The van der Waals surface area contributed by atoms with Crippen molar-refractivity contribution < 1.29 is 28.1 Å². The number of ether oxygens (including phenoxy) is 5. The molecule has 7 heteroatoms. The molecule has 27 heavy (non-hydrogen) atoms. The number of benzene rings is 1. The average Bonchev–Trinajstić information content (AvgIpc) is 2.66. The Hall–Kier alpha value is -2.09. The van der Waals surface area contributed by atoms with E-state index >= 15 is 0 Å². The third kappa shape index (κ3) is 5.45. The molecule has 0 unspecified atom stereocenters. The Kier molecular flexibility index (Phi) is 7.50. The first-order valence-electron chi connectivity index (χ1n) is 9.38. The van der Waals surface area contributed by atoms with Crippen molar-refractivity contribution in [2.45, 2.75) is 19.8 Å². The van der Waals surface area contributed by atoms with Gasteiger partial charge in [0.15, 0.2) is 11.3 Å². The highest BCUT2D eigenvalue weighted by Crippen LogP contribution is 2.36. The Bertz CT molecular complexity index is 784. The van der Waals surface area contributed by atoms with Crippen LogP contribution in [0, 0.1) is 0 Å². The van der Waals surface area contributed by atoms with Crippen LogP contribution in [0.2, 0.25) is 0 Å². The Labute approximate surface area is 158 Å². The standard InChI is InChI=1S/C20H26O7/c1-2-3-15-14-18(21)27-19-16(15)4-5-17-20(19)26-13-11-24-9-7-22-6-8-23-10-12-25-17/h4-5,14H,2-3,6-13H2,1H3. The molecule has 0 saturated carbocycles. The summed E-state index contributed by atoms with van der Waals surface area (Å²) in [5.74, 6) is 0.950. The van der Waals surface area contributed by atoms with Crippen LogP contribution in [0.1, 0.15) is 18.9 Å². The highest BCUT2D eigenvalue weighted by atomic mass is 16.6. The van der Waals surface area contributed by atoms with Crippen molar-refractivity contribution in [3.8, 4) is 11.5 Å². The number of aryl methyl sites for hydroxylation is 1. The molecular weight excluding hydrogens is 352 g/mol. The molecule has 0 radical (unpaired) electrons. The average molecular weight is 378 g/mol. The summed E-state index contributed by atoms with van der Waals surface area (Å²) in [6.07, 6.45) is 1.72. The summed E-state index contributed by atoms with van der Waals surface area (Å²) < 4.78 is 33.6. The van der Waals surface area contributed by atoms with Crippen LogP contribution in [-0.2, 0) is 20.6 Å². The predicted octanol–water partition coefficient (Wildman–Crippen LogP) is 2.57. The van der Waals surface area contributed by atoms with E-state index in [1.54, 1.807) is 6.07 Å². The summed E-state index contributed by atoms with van der Waals surface area (Å²) in [7, 11) is 0. The van der Waals surface area contributed by atoms with E-state index in [0.29, 0.717) is 69.9 Å². The summed E-state index contributed by atoms with van der Waals surface area (Å²) >= 11 is 0. The molecule has 148 valence electrons. The molecule has 0 amide bonds. The molecule has 0 bridgehead atoms. The van der Waals surface area contributed by atoms with Gasteiger partial charge >= 0.3 is 5.63 Å². The van der Waals surface area contributed by atoms with Gasteiger partial charge < -0.3 is 28.1 Å². The molecule has 3 rings (SSSR count). The summed E-state index contributed by atoms with van der Waals surface area (Å²) in [6.45, 7) is 5.58. The van der Waals surface area contributed by atoms with E-state index in [2.05, 4.69) is 6.92 Å². The van der Waals surface area contributed by atoms with Gasteiger partial charge in [0.05, 0.1) is 39.6 Å². The first-order valence-corrected chi connectivity index (χ1v) is 9.38. The van der Waals surface area contributed by atoms with E-state index in [-0.39, 0.29) is 0 Å². The minimum Gasteiger partial charge on any atom is -0.487 e. The van der Waals surface area contributed by atoms with Gasteiger partial charge in [-0.3, -0.25) is 0 Å². The van der Waals surface area contributed by atoms with E-state index in [9.17, 15) is 4.79 Å². The van der Waals surface area contributed by atoms with Crippen LogP contribution in [0.4, 0.5) is 0 Å². The largest absolute Gasteiger partial charge is 0.487 e. The molecule has 2 heterocycles. The molecule has 1 aliphatic heterocycles. The number of rotatable bonds is 2. The fourth-order valence-electron chi connectivity index (χ4n) is 2.93. The molecule has 7 nitrogen and oxygen atoms in total. The van der Waals surface area contributed by atoms with Crippen LogP contribution in [-0.4, -0.2) is 52.9 Å². The first kappa shape index (κ1) is 19.7. The lowest BCUT2D eigenvalue weighted by molar-refractivity contribution is 0.00709. The fraction of sp³-hybridized carbons (Fsp3) is 0.550. The Morgan fingerprint density at radius 2 is 1.48 bits per heavy atom. The Morgan fingerprint density at radius 1 is 0.852 bits per heavy atom. The van der Waals surface area contributed by atoms with Gasteiger partial charge in [-0.05, 0) is 24.1 Å². The normalized spacial score (nSPS) is 17.2. The van der Waals surface area contributed by atoms with Crippen LogP contribution in [0.15, 0.2) is 27.4 Å². The smallest absolute Gasteiger partial charge is 0.336 e. The van der Waals surface area contributed by atoms with Gasteiger partial charge in [-0.2, -0.15) is 0 Å². The lowest BCUT2D eigenvalue weighted by atomic mass is 10.1. The molecule has 0 atom stereocenters. The number of fused-ring (bicyclic) bond motifs is 3. The lowest BCUT2D eigenvalue weighted by Crippen LogP contribution is -2.13. The minimum atomic E-state index is -0.393. The molecule has 0 aliphatic carbocycles. The second kappa shape index (κ2) is 10.3. The van der Waals surface area contributed by atoms with E-state index in [1.807, 2.05) is 12.1 Å². The second-order valence-corrected chi connectivity index (χ2v) is 6.14. The molecule has 0 fully saturated rings. The SMILES string of the molecule is CCCc1cc(=O)oc2c3c(ccc12)OCCOCCOCCOCCO3. The third-order valence-corrected chi connectivity index (χ3v) is 4.14. The molecule has 2 aromatic rings. The van der Waals surface area contributed by atoms with Gasteiger partial charge in [-0.25, -0.2) is 4.79 Å². The van der Waals surface area contributed by atoms with Crippen molar-refractivity contribution in [3.63, 3.8) is 0 Å². The van der Waals surface area contributed by atoms with Crippen molar-refractivity contribution >= 4 is 11.0 Å². The zero-order chi connectivity index (χ0) is 18.9. The van der Waals surface area contributed by atoms with E-state index in [4.69, 9.17) is 28.1 Å². The molecule has 1 aromatic heterocycles. The second-order valence-electron chi connectivity index (χ2n) is 6.14. The predicted molar refractivity (Wildman–Crippen MR) is 99.9 cm³/mol. The van der Waals surface area contributed by atoms with Crippen LogP contribution >= 0.6 is 0 Å². The lowest BCUT2D eigenvalue weighted by Gasteiger charge is -2.15. The topological polar surface area (TPSA) is 76.4 Å². The summed E-state index contributed by atoms with van der Waals surface area (Å²) in [4.78, 5) is 12.0. The Morgan fingerprint density at radius 3 is 2.15 bits per heavy atom. The van der Waals surface area contributed by atoms with E-state index in [1.165, 1.54) is 0 Å².